The maximum atomic E-state index is 14.2. The summed E-state index contributed by atoms with van der Waals surface area (Å²) in [5.74, 6) is -2.98. The SMILES string of the molecule is CCC[C@@]1(CC(=O)O)OCCc2c1[nH]c1c(C)cc(F)c(C#N)c21.CCC[C@]1(CC(=O)O)OCCc2c1[nH]c1c(C)cc(F)c(C#N)c21. The van der Waals surface area contributed by atoms with E-state index in [2.05, 4.69) is 9.97 Å². The molecule has 2 atom stereocenters. The van der Waals surface area contributed by atoms with Crippen molar-refractivity contribution in [1.82, 2.24) is 9.97 Å². The molecule has 48 heavy (non-hydrogen) atoms. The van der Waals surface area contributed by atoms with Gasteiger partial charge >= 0.3 is 11.9 Å². The summed E-state index contributed by atoms with van der Waals surface area (Å²) in [6.45, 7) is 8.19. The Kier molecular flexibility index (Phi) is 9.63. The largest absolute Gasteiger partial charge is 0.481 e. The second kappa shape index (κ2) is 13.4. The monoisotopic (exact) mass is 660 g/mol. The fourth-order valence-electron chi connectivity index (χ4n) is 7.61. The number of nitrogens with zero attached hydrogens (tertiary/aromatic N) is 2. The number of aromatic nitrogens is 2. The molecule has 0 aliphatic carbocycles. The molecular formula is C36H38F2N4O6. The number of hydrogen-bond acceptors (Lipinski definition) is 6. The Morgan fingerprint density at radius 3 is 1.48 bits per heavy atom. The average molecular weight is 661 g/mol. The van der Waals surface area contributed by atoms with Crippen LogP contribution in [0, 0.1) is 48.1 Å². The third-order valence-corrected chi connectivity index (χ3v) is 9.44. The highest BCUT2D eigenvalue weighted by Crippen LogP contribution is 2.45. The second-order valence-corrected chi connectivity index (χ2v) is 12.6. The molecule has 0 unspecified atom stereocenters. The van der Waals surface area contributed by atoms with Crippen molar-refractivity contribution in [2.24, 2.45) is 0 Å². The van der Waals surface area contributed by atoms with Gasteiger partial charge < -0.3 is 29.7 Å². The summed E-state index contributed by atoms with van der Waals surface area (Å²) in [4.78, 5) is 29.3. The van der Waals surface area contributed by atoms with Gasteiger partial charge in [0.1, 0.15) is 35.0 Å². The van der Waals surface area contributed by atoms with E-state index in [0.29, 0.717) is 83.2 Å². The van der Waals surface area contributed by atoms with Crippen molar-refractivity contribution in [1.29, 1.82) is 10.5 Å². The predicted molar refractivity (Wildman–Crippen MR) is 172 cm³/mol. The molecule has 0 bridgehead atoms. The molecule has 4 aromatic rings. The van der Waals surface area contributed by atoms with Crippen LogP contribution in [-0.2, 0) is 43.1 Å². The summed E-state index contributed by atoms with van der Waals surface area (Å²) in [6.07, 6.45) is 3.32. The molecular weight excluding hydrogens is 622 g/mol. The van der Waals surface area contributed by atoms with Crippen LogP contribution >= 0.6 is 0 Å². The summed E-state index contributed by atoms with van der Waals surface area (Å²) < 4.78 is 40.3. The molecule has 0 amide bonds. The zero-order chi connectivity index (χ0) is 35.0. The van der Waals surface area contributed by atoms with Gasteiger partial charge in [-0.2, -0.15) is 10.5 Å². The van der Waals surface area contributed by atoms with Crippen LogP contribution in [-0.4, -0.2) is 45.3 Å². The first-order chi connectivity index (χ1) is 22.9. The first-order valence-electron chi connectivity index (χ1n) is 16.1. The summed E-state index contributed by atoms with van der Waals surface area (Å²) in [5, 5.41) is 38.6. The number of hydrogen-bond donors (Lipinski definition) is 4. The van der Waals surface area contributed by atoms with Crippen LogP contribution in [0.15, 0.2) is 12.1 Å². The van der Waals surface area contributed by atoms with Crippen LogP contribution in [0.2, 0.25) is 0 Å². The lowest BCUT2D eigenvalue weighted by Crippen LogP contribution is -2.37. The van der Waals surface area contributed by atoms with Gasteiger partial charge in [0, 0.05) is 10.8 Å². The van der Waals surface area contributed by atoms with Crippen molar-refractivity contribution < 1.29 is 38.1 Å². The van der Waals surface area contributed by atoms with Gasteiger partial charge in [-0.3, -0.25) is 9.59 Å². The van der Waals surface area contributed by atoms with E-state index < -0.39 is 34.8 Å². The number of ether oxygens (including phenoxy) is 2. The van der Waals surface area contributed by atoms with Gasteiger partial charge in [0.15, 0.2) is 0 Å². The molecule has 4 N–H and O–H groups in total. The Bertz CT molecular complexity index is 1870. The third-order valence-electron chi connectivity index (χ3n) is 9.44. The average Bonchev–Trinajstić information content (AvgIpc) is 3.60. The number of fused-ring (bicyclic) bond motifs is 6. The molecule has 12 heteroatoms. The number of aromatic amines is 2. The summed E-state index contributed by atoms with van der Waals surface area (Å²) in [6, 6.07) is 6.57. The maximum Gasteiger partial charge on any atom is 0.306 e. The van der Waals surface area contributed by atoms with E-state index in [0.717, 1.165) is 24.0 Å². The molecule has 2 aromatic heterocycles. The molecule has 6 rings (SSSR count). The fraction of sp³-hybridized carbons (Fsp3) is 0.444. The predicted octanol–water partition coefficient (Wildman–Crippen LogP) is 7.06. The van der Waals surface area contributed by atoms with Crippen molar-refractivity contribution in [2.45, 2.75) is 90.3 Å². The molecule has 0 spiro atoms. The molecule has 252 valence electrons. The van der Waals surface area contributed by atoms with Crippen LogP contribution < -0.4 is 0 Å². The van der Waals surface area contributed by atoms with E-state index in [4.69, 9.17) is 9.47 Å². The number of carboxylic acid groups (broad SMARTS) is 2. The Hall–Kier alpha value is -4.78. The Morgan fingerprint density at radius 1 is 0.792 bits per heavy atom. The molecule has 2 aromatic carbocycles. The van der Waals surface area contributed by atoms with Crippen LogP contribution in [0.4, 0.5) is 8.78 Å². The van der Waals surface area contributed by atoms with E-state index in [1.165, 1.54) is 12.1 Å². The number of halogens is 2. The molecule has 10 nitrogen and oxygen atoms in total. The Balaban J connectivity index is 0.000000188. The minimum atomic E-state index is -0.956. The Labute approximate surface area is 276 Å². The number of carboxylic acids is 2. The van der Waals surface area contributed by atoms with Gasteiger partial charge in [-0.25, -0.2) is 8.78 Å². The zero-order valence-corrected chi connectivity index (χ0v) is 27.4. The number of benzene rings is 2. The van der Waals surface area contributed by atoms with Crippen LogP contribution in [0.3, 0.4) is 0 Å². The molecule has 2 aliphatic rings. The minimum Gasteiger partial charge on any atom is -0.481 e. The van der Waals surface area contributed by atoms with E-state index in [-0.39, 0.29) is 24.0 Å². The summed E-state index contributed by atoms with van der Waals surface area (Å²) in [5.41, 5.74) is 3.85. The van der Waals surface area contributed by atoms with Gasteiger partial charge in [0.25, 0.3) is 0 Å². The number of aryl methyl sites for hydroxylation is 2. The molecule has 0 fully saturated rings. The van der Waals surface area contributed by atoms with Crippen LogP contribution in [0.1, 0.15) is 97.1 Å². The quantitative estimate of drug-likeness (QED) is 0.155. The molecule has 4 heterocycles. The number of aliphatic carboxylic acids is 2. The van der Waals surface area contributed by atoms with Gasteiger partial charge in [0.05, 0.1) is 59.6 Å². The van der Waals surface area contributed by atoms with Crippen molar-refractivity contribution in [3.05, 3.63) is 68.5 Å². The van der Waals surface area contributed by atoms with Crippen molar-refractivity contribution in [3.8, 4) is 12.1 Å². The van der Waals surface area contributed by atoms with Gasteiger partial charge in [-0.15, -0.1) is 0 Å². The van der Waals surface area contributed by atoms with Crippen molar-refractivity contribution in [3.63, 3.8) is 0 Å². The summed E-state index contributed by atoms with van der Waals surface area (Å²) >= 11 is 0. The molecule has 2 aliphatic heterocycles. The fourth-order valence-corrected chi connectivity index (χ4v) is 7.61. The van der Waals surface area contributed by atoms with Crippen LogP contribution in [0.5, 0.6) is 0 Å². The maximum absolute atomic E-state index is 14.2. The number of rotatable bonds is 8. The topological polar surface area (TPSA) is 172 Å². The minimum absolute atomic E-state index is 0.00993. The van der Waals surface area contributed by atoms with E-state index >= 15 is 0 Å². The third kappa shape index (κ3) is 5.80. The highest BCUT2D eigenvalue weighted by Gasteiger charge is 2.43. The highest BCUT2D eigenvalue weighted by molar-refractivity contribution is 5.94. The van der Waals surface area contributed by atoms with E-state index in [9.17, 15) is 39.1 Å². The van der Waals surface area contributed by atoms with Crippen molar-refractivity contribution >= 4 is 33.7 Å². The normalized spacial score (nSPS) is 19.9. The number of nitriles is 2. The smallest absolute Gasteiger partial charge is 0.306 e. The number of nitrogens with one attached hydrogen (secondary N) is 2. The molecule has 0 saturated carbocycles. The standard InChI is InChI=1S/2C18H19FN2O3/c2*1-3-5-18(8-14(22)23)17-11(4-6-24-18)15-12(9-20)13(19)7-10(2)16(15)21-17/h2*7,21H,3-6,8H2,1-2H3,(H,22,23)/t2*18-/m10/s1. The van der Waals surface area contributed by atoms with Gasteiger partial charge in [-0.05, 0) is 73.9 Å². The molecule has 0 saturated heterocycles. The lowest BCUT2D eigenvalue weighted by molar-refractivity contribution is -0.150. The highest BCUT2D eigenvalue weighted by atomic mass is 19.1. The lowest BCUT2D eigenvalue weighted by Gasteiger charge is -2.36. The second-order valence-electron chi connectivity index (χ2n) is 12.6. The number of carbonyl (C=O) groups is 2. The van der Waals surface area contributed by atoms with E-state index in [1.807, 2.05) is 26.0 Å². The zero-order valence-electron chi connectivity index (χ0n) is 27.4. The summed E-state index contributed by atoms with van der Waals surface area (Å²) in [7, 11) is 0. The van der Waals surface area contributed by atoms with E-state index in [1.54, 1.807) is 13.8 Å². The first kappa shape index (κ1) is 34.6. The van der Waals surface area contributed by atoms with Crippen molar-refractivity contribution in [2.75, 3.05) is 13.2 Å². The van der Waals surface area contributed by atoms with Gasteiger partial charge in [0.2, 0.25) is 0 Å². The number of H-pyrrole nitrogens is 2. The lowest BCUT2D eigenvalue weighted by atomic mass is 9.84. The Morgan fingerprint density at radius 2 is 1.17 bits per heavy atom. The van der Waals surface area contributed by atoms with Crippen LogP contribution in [0.25, 0.3) is 21.8 Å². The first-order valence-corrected chi connectivity index (χ1v) is 16.1. The molecule has 0 radical (unpaired) electrons. The van der Waals surface area contributed by atoms with Gasteiger partial charge in [-0.1, -0.05) is 26.7 Å².